The van der Waals surface area contributed by atoms with E-state index in [1.165, 1.54) is 0 Å². The number of rotatable bonds is 4. The van der Waals surface area contributed by atoms with E-state index >= 15 is 0 Å². The van der Waals surface area contributed by atoms with Gasteiger partial charge in [0.2, 0.25) is 0 Å². The summed E-state index contributed by atoms with van der Waals surface area (Å²) in [6, 6.07) is 5.39. The zero-order valence-corrected chi connectivity index (χ0v) is 12.7. The van der Waals surface area contributed by atoms with Gasteiger partial charge >= 0.3 is 0 Å². The van der Waals surface area contributed by atoms with E-state index < -0.39 is 0 Å². The van der Waals surface area contributed by atoms with Crippen molar-refractivity contribution >= 4 is 17.5 Å². The second kappa shape index (κ2) is 6.02. The number of nitrogens with two attached hydrogens (primary N) is 1. The van der Waals surface area contributed by atoms with Crippen LogP contribution in [0.5, 0.6) is 5.75 Å². The minimum absolute atomic E-state index is 0.00905. The highest BCUT2D eigenvalue weighted by molar-refractivity contribution is 6.31. The van der Waals surface area contributed by atoms with E-state index in [9.17, 15) is 4.79 Å². The number of hydrogen-bond acceptors (Lipinski definition) is 3. The lowest BCUT2D eigenvalue weighted by Gasteiger charge is -2.22. The number of carbonyl (C=O) groups is 1. The number of halogens is 1. The number of ether oxygens (including phenoxy) is 1. The van der Waals surface area contributed by atoms with Crippen molar-refractivity contribution in [3.63, 3.8) is 0 Å². The van der Waals surface area contributed by atoms with E-state index in [2.05, 4.69) is 6.92 Å². The maximum Gasteiger partial charge on any atom is 0.260 e. The summed E-state index contributed by atoms with van der Waals surface area (Å²) < 4.78 is 5.54. The molecule has 0 spiro atoms. The third-order valence-electron chi connectivity index (χ3n) is 3.90. The summed E-state index contributed by atoms with van der Waals surface area (Å²) in [7, 11) is 0. The predicted molar refractivity (Wildman–Crippen MR) is 80.0 cm³/mol. The van der Waals surface area contributed by atoms with Gasteiger partial charge in [0.15, 0.2) is 6.61 Å². The molecule has 1 fully saturated rings. The Labute approximate surface area is 124 Å². The molecular weight excluding hydrogens is 276 g/mol. The summed E-state index contributed by atoms with van der Waals surface area (Å²) in [5.41, 5.74) is 6.73. The van der Waals surface area contributed by atoms with Gasteiger partial charge in [-0.1, -0.05) is 18.5 Å². The normalized spacial score (nSPS) is 22.1. The fourth-order valence-corrected chi connectivity index (χ4v) is 2.46. The maximum absolute atomic E-state index is 12.1. The third kappa shape index (κ3) is 3.44. The Hall–Kier alpha value is -1.26. The van der Waals surface area contributed by atoms with Crippen LogP contribution in [0, 0.1) is 12.3 Å². The van der Waals surface area contributed by atoms with Crippen LogP contribution in [0.1, 0.15) is 18.9 Å². The van der Waals surface area contributed by atoms with Crippen molar-refractivity contribution in [3.8, 4) is 5.75 Å². The summed E-state index contributed by atoms with van der Waals surface area (Å²) in [4.78, 5) is 13.9. The fraction of sp³-hybridized carbons (Fsp3) is 0.533. The van der Waals surface area contributed by atoms with Gasteiger partial charge in [0.25, 0.3) is 5.91 Å². The zero-order valence-electron chi connectivity index (χ0n) is 12.0. The molecule has 1 heterocycles. The lowest BCUT2D eigenvalue weighted by atomic mass is 9.90. The molecule has 1 amide bonds. The molecule has 20 heavy (non-hydrogen) atoms. The number of hydrogen-bond donors (Lipinski definition) is 1. The van der Waals surface area contributed by atoms with Gasteiger partial charge in [-0.2, -0.15) is 0 Å². The molecule has 4 nitrogen and oxygen atoms in total. The molecular formula is C15H21ClN2O2. The molecule has 110 valence electrons. The second-order valence-electron chi connectivity index (χ2n) is 5.78. The van der Waals surface area contributed by atoms with E-state index in [0.29, 0.717) is 23.9 Å². The Balaban J connectivity index is 1.88. The molecule has 1 aliphatic heterocycles. The van der Waals surface area contributed by atoms with E-state index in [1.54, 1.807) is 12.1 Å². The van der Waals surface area contributed by atoms with Crippen LogP contribution in [0.2, 0.25) is 5.02 Å². The SMILES string of the molecule is Cc1cc(OCC(=O)N2CCC(C)(CN)C2)ccc1Cl. The van der Waals surface area contributed by atoms with Crippen molar-refractivity contribution in [3.05, 3.63) is 28.8 Å². The topological polar surface area (TPSA) is 55.6 Å². The van der Waals surface area contributed by atoms with Crippen LogP contribution in [0.3, 0.4) is 0 Å². The first-order chi connectivity index (χ1) is 9.43. The highest BCUT2D eigenvalue weighted by atomic mass is 35.5. The third-order valence-corrected chi connectivity index (χ3v) is 4.32. The summed E-state index contributed by atoms with van der Waals surface area (Å²) in [5.74, 6) is 0.677. The van der Waals surface area contributed by atoms with Crippen LogP contribution in [0.25, 0.3) is 0 Å². The van der Waals surface area contributed by atoms with Gasteiger partial charge in [0.05, 0.1) is 0 Å². The Morgan fingerprint density at radius 2 is 2.30 bits per heavy atom. The minimum atomic E-state index is 0.00905. The van der Waals surface area contributed by atoms with Gasteiger partial charge in [0.1, 0.15) is 5.75 Å². The van der Waals surface area contributed by atoms with Crippen molar-refractivity contribution in [1.82, 2.24) is 4.90 Å². The molecule has 5 heteroatoms. The van der Waals surface area contributed by atoms with Crippen molar-refractivity contribution in [2.24, 2.45) is 11.1 Å². The number of amides is 1. The van der Waals surface area contributed by atoms with Gasteiger partial charge < -0.3 is 15.4 Å². The molecule has 2 rings (SSSR count). The number of benzene rings is 1. The number of aryl methyl sites for hydroxylation is 1. The fourth-order valence-electron chi connectivity index (χ4n) is 2.35. The first-order valence-corrected chi connectivity index (χ1v) is 7.18. The number of likely N-dealkylation sites (tertiary alicyclic amines) is 1. The van der Waals surface area contributed by atoms with Crippen LogP contribution >= 0.6 is 11.6 Å². The first kappa shape index (κ1) is 15.1. The molecule has 0 aliphatic carbocycles. The molecule has 1 aromatic rings. The molecule has 2 N–H and O–H groups in total. The summed E-state index contributed by atoms with van der Waals surface area (Å²) in [6.45, 7) is 6.16. The monoisotopic (exact) mass is 296 g/mol. The lowest BCUT2D eigenvalue weighted by molar-refractivity contribution is -0.132. The second-order valence-corrected chi connectivity index (χ2v) is 6.19. The molecule has 0 bridgehead atoms. The van der Waals surface area contributed by atoms with Gasteiger partial charge in [-0.25, -0.2) is 0 Å². The highest BCUT2D eigenvalue weighted by Crippen LogP contribution is 2.28. The van der Waals surface area contributed by atoms with E-state index in [-0.39, 0.29) is 17.9 Å². The number of nitrogens with zero attached hydrogens (tertiary/aromatic N) is 1. The van der Waals surface area contributed by atoms with Gasteiger partial charge in [-0.15, -0.1) is 0 Å². The van der Waals surface area contributed by atoms with Crippen LogP contribution in [0.4, 0.5) is 0 Å². The van der Waals surface area contributed by atoms with Crippen molar-refractivity contribution in [1.29, 1.82) is 0 Å². The number of carbonyl (C=O) groups excluding carboxylic acids is 1. The standard InChI is InChI=1S/C15H21ClN2O2/c1-11-7-12(3-4-13(11)16)20-8-14(19)18-6-5-15(2,9-17)10-18/h3-4,7H,5-6,8-10,17H2,1-2H3. The highest BCUT2D eigenvalue weighted by Gasteiger charge is 2.34. The first-order valence-electron chi connectivity index (χ1n) is 6.80. The van der Waals surface area contributed by atoms with E-state index in [0.717, 1.165) is 18.5 Å². The lowest BCUT2D eigenvalue weighted by Crippen LogP contribution is -2.36. The average Bonchev–Trinajstić information content (AvgIpc) is 2.83. The molecule has 0 aromatic heterocycles. The van der Waals surface area contributed by atoms with Crippen molar-refractivity contribution < 1.29 is 9.53 Å². The Morgan fingerprint density at radius 3 is 2.90 bits per heavy atom. The van der Waals surface area contributed by atoms with Gasteiger partial charge in [0, 0.05) is 18.1 Å². The van der Waals surface area contributed by atoms with Crippen LogP contribution < -0.4 is 10.5 Å². The molecule has 0 radical (unpaired) electrons. The van der Waals surface area contributed by atoms with Gasteiger partial charge in [-0.3, -0.25) is 4.79 Å². The largest absolute Gasteiger partial charge is 0.484 e. The maximum atomic E-state index is 12.1. The average molecular weight is 297 g/mol. The Morgan fingerprint density at radius 1 is 1.55 bits per heavy atom. The Kier molecular flexibility index (Phi) is 4.55. The minimum Gasteiger partial charge on any atom is -0.484 e. The van der Waals surface area contributed by atoms with Crippen LogP contribution in [0.15, 0.2) is 18.2 Å². The summed E-state index contributed by atoms with van der Waals surface area (Å²) >= 11 is 5.95. The molecule has 0 saturated carbocycles. The Bertz CT molecular complexity index is 507. The molecule has 1 aliphatic rings. The quantitative estimate of drug-likeness (QED) is 0.927. The molecule has 1 saturated heterocycles. The smallest absolute Gasteiger partial charge is 0.260 e. The molecule has 1 atom stereocenters. The molecule has 1 aromatic carbocycles. The summed E-state index contributed by atoms with van der Waals surface area (Å²) in [6.07, 6.45) is 0.954. The molecule has 1 unspecified atom stereocenters. The van der Waals surface area contributed by atoms with E-state index in [1.807, 2.05) is 17.9 Å². The van der Waals surface area contributed by atoms with Crippen molar-refractivity contribution in [2.75, 3.05) is 26.2 Å². The van der Waals surface area contributed by atoms with Gasteiger partial charge in [-0.05, 0) is 49.1 Å². The summed E-state index contributed by atoms with van der Waals surface area (Å²) in [5, 5.41) is 0.696. The predicted octanol–water partition coefficient (Wildman–Crippen LogP) is 2.22. The van der Waals surface area contributed by atoms with Crippen LogP contribution in [-0.2, 0) is 4.79 Å². The van der Waals surface area contributed by atoms with Crippen molar-refractivity contribution in [2.45, 2.75) is 20.3 Å². The van der Waals surface area contributed by atoms with E-state index in [4.69, 9.17) is 22.1 Å². The van der Waals surface area contributed by atoms with Crippen LogP contribution in [-0.4, -0.2) is 37.0 Å². The zero-order chi connectivity index (χ0) is 14.8.